The van der Waals surface area contributed by atoms with Crippen molar-refractivity contribution in [3.8, 4) is 0 Å². The van der Waals surface area contributed by atoms with E-state index in [1.54, 1.807) is 0 Å². The Bertz CT molecular complexity index is 1400. The van der Waals surface area contributed by atoms with Crippen LogP contribution in [-0.2, 0) is 28.6 Å². The van der Waals surface area contributed by atoms with Crippen molar-refractivity contribution in [3.63, 3.8) is 0 Å². The molecule has 6 nitrogen and oxygen atoms in total. The van der Waals surface area contributed by atoms with Gasteiger partial charge in [0.25, 0.3) is 0 Å². The molecule has 0 aliphatic rings. The Morgan fingerprint density at radius 1 is 0.288 bits per heavy atom. The molecular weight excluding hydrogens is 901 g/mol. The smallest absolute Gasteiger partial charge is 0.306 e. The summed E-state index contributed by atoms with van der Waals surface area (Å²) >= 11 is 0. The molecule has 0 amide bonds. The van der Waals surface area contributed by atoms with Gasteiger partial charge in [-0.05, 0) is 96.3 Å². The molecule has 0 aromatic carbocycles. The van der Waals surface area contributed by atoms with Crippen LogP contribution in [0.5, 0.6) is 0 Å². The average Bonchev–Trinajstić information content (AvgIpc) is 3.39. The highest BCUT2D eigenvalue weighted by atomic mass is 16.6. The summed E-state index contributed by atoms with van der Waals surface area (Å²) in [6.07, 6.45) is 80.5. The summed E-state index contributed by atoms with van der Waals surface area (Å²) in [4.78, 5) is 38.0. The first kappa shape index (κ1) is 69.6. The van der Waals surface area contributed by atoms with Crippen LogP contribution < -0.4 is 0 Å². The molecule has 0 saturated heterocycles. The zero-order chi connectivity index (χ0) is 52.9. The van der Waals surface area contributed by atoms with Crippen molar-refractivity contribution in [3.05, 3.63) is 85.1 Å². The average molecular weight is 1020 g/mol. The molecule has 0 bridgehead atoms. The minimum atomic E-state index is -0.797. The Hall–Kier alpha value is -3.41. The number of carbonyl (C=O) groups excluding carboxylic acids is 3. The maximum Gasteiger partial charge on any atom is 0.306 e. The van der Waals surface area contributed by atoms with Gasteiger partial charge in [-0.25, -0.2) is 0 Å². The van der Waals surface area contributed by atoms with Gasteiger partial charge in [0.05, 0.1) is 0 Å². The molecule has 1 atom stereocenters. The van der Waals surface area contributed by atoms with Crippen molar-refractivity contribution in [2.45, 2.75) is 309 Å². The summed E-state index contributed by atoms with van der Waals surface area (Å²) in [5.41, 5.74) is 0. The van der Waals surface area contributed by atoms with Crippen molar-refractivity contribution in [2.24, 2.45) is 0 Å². The van der Waals surface area contributed by atoms with E-state index in [9.17, 15) is 14.4 Å². The van der Waals surface area contributed by atoms with E-state index in [4.69, 9.17) is 14.2 Å². The van der Waals surface area contributed by atoms with Gasteiger partial charge in [0, 0.05) is 19.3 Å². The van der Waals surface area contributed by atoms with Crippen molar-refractivity contribution >= 4 is 17.9 Å². The highest BCUT2D eigenvalue weighted by molar-refractivity contribution is 5.71. The monoisotopic (exact) mass is 1020 g/mol. The number of carbonyl (C=O) groups is 3. The molecule has 0 heterocycles. The molecule has 0 N–H and O–H groups in total. The molecule has 0 saturated carbocycles. The number of allylic oxidation sites excluding steroid dienone is 14. The molecule has 420 valence electrons. The Balaban J connectivity index is 4.18. The van der Waals surface area contributed by atoms with Crippen molar-refractivity contribution in [2.75, 3.05) is 13.2 Å². The second kappa shape index (κ2) is 61.1. The normalized spacial score (nSPS) is 12.6. The molecule has 0 rings (SSSR count). The fourth-order valence-electron chi connectivity index (χ4n) is 8.74. The predicted molar refractivity (Wildman–Crippen MR) is 316 cm³/mol. The summed E-state index contributed by atoms with van der Waals surface area (Å²) in [6, 6.07) is 0. The van der Waals surface area contributed by atoms with Gasteiger partial charge in [0.1, 0.15) is 13.2 Å². The Morgan fingerprint density at radius 3 is 0.877 bits per heavy atom. The van der Waals surface area contributed by atoms with Crippen LogP contribution >= 0.6 is 0 Å². The Kier molecular flexibility index (Phi) is 58.3. The van der Waals surface area contributed by atoms with E-state index in [2.05, 4.69) is 106 Å². The molecule has 0 aliphatic heterocycles. The number of hydrogen-bond donors (Lipinski definition) is 0. The maximum atomic E-state index is 12.8. The largest absolute Gasteiger partial charge is 0.462 e. The number of rotatable bonds is 56. The minimum absolute atomic E-state index is 0.0921. The van der Waals surface area contributed by atoms with E-state index < -0.39 is 6.10 Å². The van der Waals surface area contributed by atoms with Gasteiger partial charge in [-0.1, -0.05) is 273 Å². The van der Waals surface area contributed by atoms with Crippen LogP contribution in [0.1, 0.15) is 303 Å². The lowest BCUT2D eigenvalue weighted by atomic mass is 10.0. The molecule has 6 heteroatoms. The number of hydrogen-bond acceptors (Lipinski definition) is 6. The van der Waals surface area contributed by atoms with Gasteiger partial charge in [0.2, 0.25) is 0 Å². The van der Waals surface area contributed by atoms with Crippen LogP contribution in [0.3, 0.4) is 0 Å². The van der Waals surface area contributed by atoms with E-state index in [0.717, 1.165) is 89.9 Å². The van der Waals surface area contributed by atoms with Crippen molar-refractivity contribution in [1.82, 2.24) is 0 Å². The molecule has 0 radical (unpaired) electrons. The third-order valence-electron chi connectivity index (χ3n) is 13.4. The highest BCUT2D eigenvalue weighted by Gasteiger charge is 2.19. The van der Waals surface area contributed by atoms with Gasteiger partial charge in [0.15, 0.2) is 6.10 Å². The van der Waals surface area contributed by atoms with Crippen LogP contribution in [0.15, 0.2) is 85.1 Å². The predicted octanol–water partition coefficient (Wildman–Crippen LogP) is 21.1. The first-order valence-corrected chi connectivity index (χ1v) is 31.1. The zero-order valence-corrected chi connectivity index (χ0v) is 48.1. The summed E-state index contributed by atoms with van der Waals surface area (Å²) in [5, 5.41) is 0. The van der Waals surface area contributed by atoms with Gasteiger partial charge >= 0.3 is 17.9 Å². The topological polar surface area (TPSA) is 78.9 Å². The van der Waals surface area contributed by atoms with E-state index in [1.807, 2.05) is 0 Å². The van der Waals surface area contributed by atoms with Gasteiger partial charge in [-0.3, -0.25) is 14.4 Å². The van der Waals surface area contributed by atoms with E-state index in [0.29, 0.717) is 19.3 Å². The van der Waals surface area contributed by atoms with E-state index in [-0.39, 0.29) is 37.5 Å². The lowest BCUT2D eigenvalue weighted by Crippen LogP contribution is -2.30. The molecular formula is C67H116O6. The molecule has 0 aromatic rings. The molecule has 0 fully saturated rings. The summed E-state index contributed by atoms with van der Waals surface area (Å²) in [7, 11) is 0. The van der Waals surface area contributed by atoms with Crippen LogP contribution in [0, 0.1) is 0 Å². The number of esters is 3. The van der Waals surface area contributed by atoms with Crippen LogP contribution in [0.25, 0.3) is 0 Å². The highest BCUT2D eigenvalue weighted by Crippen LogP contribution is 2.16. The summed E-state index contributed by atoms with van der Waals surface area (Å²) in [6.45, 7) is 6.47. The lowest BCUT2D eigenvalue weighted by Gasteiger charge is -2.18. The second-order valence-corrected chi connectivity index (χ2v) is 20.6. The minimum Gasteiger partial charge on any atom is -0.462 e. The first-order chi connectivity index (χ1) is 36.0. The lowest BCUT2D eigenvalue weighted by molar-refractivity contribution is -0.167. The van der Waals surface area contributed by atoms with E-state index in [1.165, 1.54) is 167 Å². The molecule has 0 aromatic heterocycles. The first-order valence-electron chi connectivity index (χ1n) is 31.1. The third-order valence-corrected chi connectivity index (χ3v) is 13.4. The van der Waals surface area contributed by atoms with Crippen molar-refractivity contribution < 1.29 is 28.6 Å². The van der Waals surface area contributed by atoms with Crippen molar-refractivity contribution in [1.29, 1.82) is 0 Å². The maximum absolute atomic E-state index is 12.8. The Labute approximate surface area is 452 Å². The second-order valence-electron chi connectivity index (χ2n) is 20.6. The quantitative estimate of drug-likeness (QED) is 0.0261. The SMILES string of the molecule is CC/C=C\C/C=C\C/C=C\C/C=C\C/C=C\C/C=C\CCCCC(=O)OC(COC(=O)CCCCCCCCC)COC(=O)CCCCCCCCCCCCCCCCC/C=C\CCCCCCCCCC. The molecule has 0 spiro atoms. The van der Waals surface area contributed by atoms with Gasteiger partial charge in [-0.2, -0.15) is 0 Å². The fraction of sp³-hybridized carbons (Fsp3) is 0.746. The fourth-order valence-corrected chi connectivity index (χ4v) is 8.74. The Morgan fingerprint density at radius 2 is 0.534 bits per heavy atom. The third kappa shape index (κ3) is 59.3. The van der Waals surface area contributed by atoms with E-state index >= 15 is 0 Å². The number of ether oxygens (including phenoxy) is 3. The summed E-state index contributed by atoms with van der Waals surface area (Å²) < 4.78 is 16.8. The summed E-state index contributed by atoms with van der Waals surface area (Å²) in [5.74, 6) is -0.935. The van der Waals surface area contributed by atoms with Gasteiger partial charge in [-0.15, -0.1) is 0 Å². The van der Waals surface area contributed by atoms with Crippen LogP contribution in [-0.4, -0.2) is 37.2 Å². The molecule has 73 heavy (non-hydrogen) atoms. The van der Waals surface area contributed by atoms with Crippen LogP contribution in [0.2, 0.25) is 0 Å². The molecule has 0 aliphatic carbocycles. The molecule has 1 unspecified atom stereocenters. The zero-order valence-electron chi connectivity index (χ0n) is 48.1. The standard InChI is InChI=1S/C67H116O6/c1-4-7-10-13-16-18-20-22-24-26-28-30-31-32-33-34-35-37-38-40-42-44-46-48-51-54-57-60-66(69)72-63-64(62-71-65(68)59-56-53-50-15-12-9-6-3)73-67(70)61-58-55-52-49-47-45-43-41-39-36-29-27-25-23-21-19-17-14-11-8-5-2/h8,11,17,19,23,25-26,28-29,36,41,43,47,49,64H,4-7,9-10,12-16,18,20-22,24,27,30-35,37-40,42,44-46,48,50-63H2,1-3H3/b11-8-,19-17-,25-23-,28-26-,36-29-,43-41-,49-47-. The number of unbranched alkanes of at least 4 members (excludes halogenated alkanes) is 31. The van der Waals surface area contributed by atoms with Crippen LogP contribution in [0.4, 0.5) is 0 Å². The van der Waals surface area contributed by atoms with Gasteiger partial charge < -0.3 is 14.2 Å².